The Hall–Kier alpha value is -2.25. The average Bonchev–Trinajstić information content (AvgIpc) is 3.33. The molecule has 1 amide bonds. The topological polar surface area (TPSA) is 75.1 Å². The van der Waals surface area contributed by atoms with Crippen LogP contribution in [-0.4, -0.2) is 57.3 Å². The van der Waals surface area contributed by atoms with E-state index in [2.05, 4.69) is 89.2 Å². The molecule has 34 heavy (non-hydrogen) atoms. The Kier molecular flexibility index (Phi) is 8.04. The lowest BCUT2D eigenvalue weighted by Gasteiger charge is -2.33. The summed E-state index contributed by atoms with van der Waals surface area (Å²) >= 11 is 0. The molecular weight excluding hydrogens is 424 g/mol. The number of hydrogen-bond donors (Lipinski definition) is 2. The van der Waals surface area contributed by atoms with Gasteiger partial charge >= 0.3 is 0 Å². The van der Waals surface area contributed by atoms with Gasteiger partial charge < -0.3 is 15.2 Å². The molecule has 0 bridgehead atoms. The molecule has 2 saturated heterocycles. The first-order chi connectivity index (χ1) is 16.3. The van der Waals surface area contributed by atoms with Gasteiger partial charge in [0.05, 0.1) is 12.0 Å². The second kappa shape index (κ2) is 11.0. The predicted octanol–water partition coefficient (Wildman–Crippen LogP) is 3.98. The maximum Gasteiger partial charge on any atom is 0.226 e. The van der Waals surface area contributed by atoms with Crippen LogP contribution in [0.2, 0.25) is 0 Å². The minimum absolute atomic E-state index is 0.0489. The maximum atomic E-state index is 12.8. The van der Waals surface area contributed by atoms with Gasteiger partial charge in [-0.2, -0.15) is 0 Å². The van der Waals surface area contributed by atoms with Crippen molar-refractivity contribution < 1.29 is 4.79 Å². The van der Waals surface area contributed by atoms with Gasteiger partial charge in [0, 0.05) is 43.7 Å². The molecule has 0 saturated carbocycles. The highest BCUT2D eigenvalue weighted by Gasteiger charge is 2.34. The van der Waals surface area contributed by atoms with E-state index in [0.717, 1.165) is 44.1 Å². The fourth-order valence-corrected chi connectivity index (χ4v) is 5.65. The van der Waals surface area contributed by atoms with Crippen LogP contribution < -0.4 is 10.6 Å². The van der Waals surface area contributed by atoms with E-state index in [0.29, 0.717) is 24.0 Å². The molecule has 2 aliphatic rings. The van der Waals surface area contributed by atoms with Gasteiger partial charge in [0.15, 0.2) is 0 Å². The van der Waals surface area contributed by atoms with E-state index in [-0.39, 0.29) is 17.9 Å². The number of likely N-dealkylation sites (tertiary alicyclic amines) is 1. The number of amides is 1. The van der Waals surface area contributed by atoms with Crippen LogP contribution in [0.4, 0.5) is 0 Å². The van der Waals surface area contributed by atoms with Crippen LogP contribution in [0.1, 0.15) is 88.6 Å². The van der Waals surface area contributed by atoms with Crippen LogP contribution in [0, 0.1) is 12.8 Å². The summed E-state index contributed by atoms with van der Waals surface area (Å²) in [5, 5.41) is 15.4. The first-order valence-corrected chi connectivity index (χ1v) is 13.1. The summed E-state index contributed by atoms with van der Waals surface area (Å²) in [6.45, 7) is 13.7. The molecule has 4 unspecified atom stereocenters. The van der Waals surface area contributed by atoms with Gasteiger partial charge in [0.25, 0.3) is 0 Å². The highest BCUT2D eigenvalue weighted by atomic mass is 16.2. The van der Waals surface area contributed by atoms with Gasteiger partial charge in [-0.15, -0.1) is 10.2 Å². The van der Waals surface area contributed by atoms with Crippen molar-refractivity contribution in [2.75, 3.05) is 19.6 Å². The van der Waals surface area contributed by atoms with Gasteiger partial charge in [0.1, 0.15) is 11.6 Å². The number of aryl methyl sites for hydroxylation is 1. The summed E-state index contributed by atoms with van der Waals surface area (Å²) in [4.78, 5) is 15.4. The zero-order chi connectivity index (χ0) is 24.2. The molecule has 0 spiro atoms. The molecule has 3 heterocycles. The standard InChI is InChI=1S/C27H42N6O/c1-18(2)26-31-30-21(5)33(26)20(4)15-24-12-11-19(3)32(24)14-13-25(22-9-7-6-8-10-22)29-27(34)23-16-28-17-23/h6-10,18-20,23-25,28H,11-17H2,1-5H3,(H,29,34). The molecule has 4 rings (SSSR count). The van der Waals surface area contributed by atoms with E-state index in [4.69, 9.17) is 0 Å². The van der Waals surface area contributed by atoms with E-state index in [9.17, 15) is 4.79 Å². The second-order valence-electron chi connectivity index (χ2n) is 10.6. The quantitative estimate of drug-likeness (QED) is 0.554. The number of benzene rings is 1. The lowest BCUT2D eigenvalue weighted by Crippen LogP contribution is -2.51. The Morgan fingerprint density at radius 1 is 1.15 bits per heavy atom. The monoisotopic (exact) mass is 466 g/mol. The van der Waals surface area contributed by atoms with Crippen molar-refractivity contribution in [3.05, 3.63) is 47.5 Å². The average molecular weight is 467 g/mol. The van der Waals surface area contributed by atoms with Crippen molar-refractivity contribution in [2.24, 2.45) is 5.92 Å². The highest BCUT2D eigenvalue weighted by molar-refractivity contribution is 5.80. The molecular formula is C27H42N6O. The lowest BCUT2D eigenvalue weighted by atomic mass is 9.98. The SMILES string of the molecule is Cc1nnc(C(C)C)n1C(C)CC1CCC(C)N1CCC(NC(=O)C1CNC1)c1ccccc1. The third-order valence-corrected chi connectivity index (χ3v) is 7.76. The number of nitrogens with zero attached hydrogens (tertiary/aromatic N) is 4. The third-order valence-electron chi connectivity index (χ3n) is 7.76. The van der Waals surface area contributed by atoms with Gasteiger partial charge in [-0.3, -0.25) is 9.69 Å². The van der Waals surface area contributed by atoms with Crippen molar-refractivity contribution in [1.29, 1.82) is 0 Å². The zero-order valence-electron chi connectivity index (χ0n) is 21.5. The Morgan fingerprint density at radius 3 is 2.53 bits per heavy atom. The van der Waals surface area contributed by atoms with E-state index in [1.54, 1.807) is 0 Å². The summed E-state index contributed by atoms with van der Waals surface area (Å²) < 4.78 is 2.34. The first-order valence-electron chi connectivity index (χ1n) is 13.1. The van der Waals surface area contributed by atoms with Crippen molar-refractivity contribution in [1.82, 2.24) is 30.3 Å². The molecule has 7 nitrogen and oxygen atoms in total. The van der Waals surface area contributed by atoms with E-state index in [1.165, 1.54) is 18.4 Å². The summed E-state index contributed by atoms with van der Waals surface area (Å²) in [6, 6.07) is 12.0. The normalized spacial score (nSPS) is 23.1. The van der Waals surface area contributed by atoms with Crippen molar-refractivity contribution in [3.63, 3.8) is 0 Å². The van der Waals surface area contributed by atoms with Gasteiger partial charge in [0.2, 0.25) is 5.91 Å². The van der Waals surface area contributed by atoms with E-state index >= 15 is 0 Å². The molecule has 186 valence electrons. The summed E-state index contributed by atoms with van der Waals surface area (Å²) in [7, 11) is 0. The Balaban J connectivity index is 1.43. The number of carbonyl (C=O) groups excluding carboxylic acids is 1. The fourth-order valence-electron chi connectivity index (χ4n) is 5.65. The number of hydrogen-bond acceptors (Lipinski definition) is 5. The molecule has 0 aliphatic carbocycles. The van der Waals surface area contributed by atoms with Crippen molar-refractivity contribution in [3.8, 4) is 0 Å². The zero-order valence-corrected chi connectivity index (χ0v) is 21.5. The Morgan fingerprint density at radius 2 is 1.88 bits per heavy atom. The lowest BCUT2D eigenvalue weighted by molar-refractivity contribution is -0.127. The molecule has 2 aromatic rings. The van der Waals surface area contributed by atoms with Gasteiger partial charge in [-0.05, 0) is 52.0 Å². The van der Waals surface area contributed by atoms with Gasteiger partial charge in [-0.25, -0.2) is 0 Å². The number of rotatable bonds is 10. The van der Waals surface area contributed by atoms with Crippen LogP contribution in [0.15, 0.2) is 30.3 Å². The Labute approximate surface area is 204 Å². The van der Waals surface area contributed by atoms with Crippen LogP contribution in [0.5, 0.6) is 0 Å². The summed E-state index contributed by atoms with van der Waals surface area (Å²) in [5.74, 6) is 2.73. The van der Waals surface area contributed by atoms with E-state index in [1.807, 2.05) is 6.07 Å². The smallest absolute Gasteiger partial charge is 0.226 e. The Bertz CT molecular complexity index is 938. The third kappa shape index (κ3) is 5.52. The minimum Gasteiger partial charge on any atom is -0.349 e. The largest absolute Gasteiger partial charge is 0.349 e. The van der Waals surface area contributed by atoms with Crippen LogP contribution >= 0.6 is 0 Å². The predicted molar refractivity (Wildman–Crippen MR) is 136 cm³/mol. The molecule has 0 radical (unpaired) electrons. The van der Waals surface area contributed by atoms with E-state index < -0.39 is 0 Å². The van der Waals surface area contributed by atoms with Crippen LogP contribution in [-0.2, 0) is 4.79 Å². The van der Waals surface area contributed by atoms with Crippen LogP contribution in [0.25, 0.3) is 0 Å². The second-order valence-corrected chi connectivity index (χ2v) is 10.6. The van der Waals surface area contributed by atoms with Crippen molar-refractivity contribution >= 4 is 5.91 Å². The highest BCUT2D eigenvalue weighted by Crippen LogP contribution is 2.32. The minimum atomic E-state index is 0.0489. The molecule has 1 aromatic carbocycles. The molecule has 2 N–H and O–H groups in total. The summed E-state index contributed by atoms with van der Waals surface area (Å²) in [6.07, 6.45) is 4.47. The fraction of sp³-hybridized carbons (Fsp3) is 0.667. The van der Waals surface area contributed by atoms with Crippen LogP contribution in [0.3, 0.4) is 0 Å². The molecule has 2 fully saturated rings. The maximum absolute atomic E-state index is 12.8. The first kappa shape index (κ1) is 24.9. The summed E-state index contributed by atoms with van der Waals surface area (Å²) in [5.41, 5.74) is 1.20. The number of aromatic nitrogens is 3. The number of carbonyl (C=O) groups is 1. The number of nitrogens with one attached hydrogen (secondary N) is 2. The van der Waals surface area contributed by atoms with Crippen molar-refractivity contribution in [2.45, 2.75) is 90.4 Å². The molecule has 2 aliphatic heterocycles. The van der Waals surface area contributed by atoms with Gasteiger partial charge in [-0.1, -0.05) is 44.2 Å². The molecule has 4 atom stereocenters. The molecule has 7 heteroatoms. The molecule has 1 aromatic heterocycles.